The van der Waals surface area contributed by atoms with Crippen LogP contribution in [-0.4, -0.2) is 25.7 Å². The third-order valence-corrected chi connectivity index (χ3v) is 4.70. The smallest absolute Gasteiger partial charge is 0.410 e. The molecule has 25 heavy (non-hydrogen) atoms. The number of amides is 1. The van der Waals surface area contributed by atoms with Gasteiger partial charge >= 0.3 is 6.09 Å². The van der Waals surface area contributed by atoms with Crippen molar-refractivity contribution in [3.05, 3.63) is 64.9 Å². The molecule has 1 saturated heterocycles. The number of nitrogens with one attached hydrogen (secondary N) is 2. The van der Waals surface area contributed by atoms with E-state index in [0.29, 0.717) is 24.1 Å². The van der Waals surface area contributed by atoms with E-state index >= 15 is 0 Å². The summed E-state index contributed by atoms with van der Waals surface area (Å²) in [5.74, 6) is 0.801. The highest BCUT2D eigenvalue weighted by Crippen LogP contribution is 2.30. The van der Waals surface area contributed by atoms with Crippen LogP contribution in [0.3, 0.4) is 0 Å². The Balaban J connectivity index is 1.46. The third kappa shape index (κ3) is 4.94. The maximum Gasteiger partial charge on any atom is 0.412 e. The topological polar surface area (TPSA) is 50.4 Å². The first-order valence-electron chi connectivity index (χ1n) is 8.29. The van der Waals surface area contributed by atoms with Crippen LogP contribution in [0.15, 0.2) is 48.5 Å². The fraction of sp³-hybridized carbons (Fsp3) is 0.316. The third-order valence-electron chi connectivity index (χ3n) is 4.45. The Hall–Kier alpha value is -2.11. The normalized spacial score (nSPS) is 19.6. The van der Waals surface area contributed by atoms with Gasteiger partial charge in [0.25, 0.3) is 0 Å². The van der Waals surface area contributed by atoms with Gasteiger partial charge in [-0.3, -0.25) is 0 Å². The predicted molar refractivity (Wildman–Crippen MR) is 95.6 cm³/mol. The molecule has 0 saturated carbocycles. The molecule has 0 radical (unpaired) electrons. The van der Waals surface area contributed by atoms with E-state index in [0.717, 1.165) is 24.5 Å². The van der Waals surface area contributed by atoms with Gasteiger partial charge in [-0.15, -0.1) is 0 Å². The van der Waals surface area contributed by atoms with E-state index in [1.807, 2.05) is 12.1 Å². The highest BCUT2D eigenvalue weighted by molar-refractivity contribution is 6.30. The molecule has 0 aromatic heterocycles. The van der Waals surface area contributed by atoms with Crippen molar-refractivity contribution in [2.45, 2.75) is 12.3 Å². The zero-order chi connectivity index (χ0) is 17.6. The number of ether oxygens (including phenoxy) is 1. The Morgan fingerprint density at radius 1 is 1.16 bits per heavy atom. The van der Waals surface area contributed by atoms with Crippen molar-refractivity contribution in [1.29, 1.82) is 0 Å². The van der Waals surface area contributed by atoms with Crippen molar-refractivity contribution >= 4 is 17.7 Å². The summed E-state index contributed by atoms with van der Waals surface area (Å²) in [5, 5.41) is 6.89. The minimum absolute atomic E-state index is 0.320. The largest absolute Gasteiger partial charge is 0.412 e. The van der Waals surface area contributed by atoms with Crippen LogP contribution in [0.4, 0.5) is 9.18 Å². The van der Waals surface area contributed by atoms with Gasteiger partial charge in [-0.05, 0) is 60.8 Å². The lowest BCUT2D eigenvalue weighted by atomic mass is 9.87. The number of hydrogen-bond donors (Lipinski definition) is 2. The average Bonchev–Trinajstić information content (AvgIpc) is 3.06. The summed E-state index contributed by atoms with van der Waals surface area (Å²) >= 11 is 5.95. The van der Waals surface area contributed by atoms with Crippen molar-refractivity contribution in [3.63, 3.8) is 0 Å². The first-order chi connectivity index (χ1) is 12.1. The molecule has 3 rings (SSSR count). The summed E-state index contributed by atoms with van der Waals surface area (Å²) in [6, 6.07) is 13.3. The Morgan fingerprint density at radius 2 is 1.88 bits per heavy atom. The van der Waals surface area contributed by atoms with E-state index in [2.05, 4.69) is 22.8 Å². The number of hydrogen-bond acceptors (Lipinski definition) is 3. The first kappa shape index (κ1) is 17.7. The molecule has 132 valence electrons. The molecule has 0 aliphatic carbocycles. The monoisotopic (exact) mass is 362 g/mol. The second-order valence-electron chi connectivity index (χ2n) is 6.14. The average molecular weight is 363 g/mol. The lowest BCUT2D eigenvalue weighted by Gasteiger charge is -2.19. The Morgan fingerprint density at radius 3 is 2.60 bits per heavy atom. The van der Waals surface area contributed by atoms with E-state index in [-0.39, 0.29) is 5.82 Å². The molecule has 2 aromatic carbocycles. The maximum atomic E-state index is 12.8. The number of halogens is 2. The van der Waals surface area contributed by atoms with E-state index in [4.69, 9.17) is 16.3 Å². The van der Waals surface area contributed by atoms with E-state index < -0.39 is 6.09 Å². The Kier molecular flexibility index (Phi) is 5.89. The number of benzene rings is 2. The molecule has 4 nitrogen and oxygen atoms in total. The second-order valence-corrected chi connectivity index (χ2v) is 6.57. The summed E-state index contributed by atoms with van der Waals surface area (Å²) in [6.07, 6.45) is 0.319. The van der Waals surface area contributed by atoms with Crippen LogP contribution >= 0.6 is 11.6 Å². The highest BCUT2D eigenvalue weighted by Gasteiger charge is 2.28. The SMILES string of the molecule is O=C(NCC[C@@H]1CNC[C@H]1c1ccc(Cl)cc1)Oc1ccc(F)cc1. The molecule has 1 amide bonds. The number of rotatable bonds is 5. The molecule has 0 bridgehead atoms. The Labute approximate surface area is 151 Å². The van der Waals surface area contributed by atoms with Crippen molar-refractivity contribution in [2.24, 2.45) is 5.92 Å². The molecular formula is C19H20ClFN2O2. The molecular weight excluding hydrogens is 343 g/mol. The van der Waals surface area contributed by atoms with Crippen LogP contribution in [-0.2, 0) is 0 Å². The van der Waals surface area contributed by atoms with Gasteiger partial charge in [-0.1, -0.05) is 23.7 Å². The molecule has 1 fully saturated rings. The van der Waals surface area contributed by atoms with Gasteiger partial charge in [0.05, 0.1) is 0 Å². The van der Waals surface area contributed by atoms with Crippen LogP contribution in [0, 0.1) is 11.7 Å². The van der Waals surface area contributed by atoms with Crippen LogP contribution < -0.4 is 15.4 Å². The zero-order valence-corrected chi connectivity index (χ0v) is 14.4. The van der Waals surface area contributed by atoms with Crippen LogP contribution in [0.1, 0.15) is 17.9 Å². The molecule has 1 aliphatic heterocycles. The molecule has 0 unspecified atom stereocenters. The van der Waals surface area contributed by atoms with E-state index in [1.165, 1.54) is 29.8 Å². The fourth-order valence-corrected chi connectivity index (χ4v) is 3.27. The van der Waals surface area contributed by atoms with Crippen molar-refractivity contribution in [2.75, 3.05) is 19.6 Å². The lowest BCUT2D eigenvalue weighted by molar-refractivity contribution is 0.199. The fourth-order valence-electron chi connectivity index (χ4n) is 3.14. The summed E-state index contributed by atoms with van der Waals surface area (Å²) in [6.45, 7) is 2.37. The van der Waals surface area contributed by atoms with Crippen LogP contribution in [0.5, 0.6) is 5.75 Å². The quantitative estimate of drug-likeness (QED) is 0.846. The summed E-state index contributed by atoms with van der Waals surface area (Å²) in [5.41, 5.74) is 1.26. The summed E-state index contributed by atoms with van der Waals surface area (Å²) in [4.78, 5) is 11.8. The number of carbonyl (C=O) groups is 1. The minimum atomic E-state index is -0.527. The van der Waals surface area contributed by atoms with Crippen LogP contribution in [0.25, 0.3) is 0 Å². The second kappa shape index (κ2) is 8.32. The zero-order valence-electron chi connectivity index (χ0n) is 13.7. The van der Waals surface area contributed by atoms with Gasteiger partial charge in [0.15, 0.2) is 0 Å². The minimum Gasteiger partial charge on any atom is -0.410 e. The molecule has 1 heterocycles. The van der Waals surface area contributed by atoms with E-state index in [1.54, 1.807) is 0 Å². The molecule has 0 spiro atoms. The molecule has 2 N–H and O–H groups in total. The lowest BCUT2D eigenvalue weighted by Crippen LogP contribution is -2.29. The van der Waals surface area contributed by atoms with Crippen molar-refractivity contribution in [3.8, 4) is 5.75 Å². The van der Waals surface area contributed by atoms with Gasteiger partial charge in [-0.2, -0.15) is 0 Å². The van der Waals surface area contributed by atoms with Gasteiger partial charge in [-0.25, -0.2) is 9.18 Å². The van der Waals surface area contributed by atoms with E-state index in [9.17, 15) is 9.18 Å². The standard InChI is InChI=1S/C19H20ClFN2O2/c20-15-3-1-13(2-4-15)18-12-22-11-14(18)9-10-23-19(24)25-17-7-5-16(21)6-8-17/h1-8,14,18,22H,9-12H2,(H,23,24)/t14-,18+/m1/s1. The molecule has 2 aromatic rings. The number of carbonyl (C=O) groups excluding carboxylic acids is 1. The molecule has 1 aliphatic rings. The summed E-state index contributed by atoms with van der Waals surface area (Å²) < 4.78 is 17.9. The molecule has 2 atom stereocenters. The van der Waals surface area contributed by atoms with Gasteiger partial charge < -0.3 is 15.4 Å². The summed E-state index contributed by atoms with van der Waals surface area (Å²) in [7, 11) is 0. The van der Waals surface area contributed by atoms with Gasteiger partial charge in [0.1, 0.15) is 11.6 Å². The van der Waals surface area contributed by atoms with Gasteiger partial charge in [0.2, 0.25) is 0 Å². The van der Waals surface area contributed by atoms with Crippen molar-refractivity contribution in [1.82, 2.24) is 10.6 Å². The van der Waals surface area contributed by atoms with Crippen LogP contribution in [0.2, 0.25) is 5.02 Å². The first-order valence-corrected chi connectivity index (χ1v) is 8.67. The molecule has 6 heteroatoms. The Bertz CT molecular complexity index is 706. The highest BCUT2D eigenvalue weighted by atomic mass is 35.5. The maximum absolute atomic E-state index is 12.8. The van der Waals surface area contributed by atoms with Gasteiger partial charge in [0, 0.05) is 24.0 Å². The predicted octanol–water partition coefficient (Wildman–Crippen LogP) is 3.96. The van der Waals surface area contributed by atoms with Crippen molar-refractivity contribution < 1.29 is 13.9 Å².